The number of amides is 1. The molecule has 1 aromatic carbocycles. The van der Waals surface area contributed by atoms with Crippen molar-refractivity contribution in [2.24, 2.45) is 0 Å². The van der Waals surface area contributed by atoms with Crippen molar-refractivity contribution in [2.45, 2.75) is 44.9 Å². The molecule has 0 saturated carbocycles. The van der Waals surface area contributed by atoms with Crippen LogP contribution in [0.25, 0.3) is 0 Å². The summed E-state index contributed by atoms with van der Waals surface area (Å²) in [5, 5.41) is 9.27. The van der Waals surface area contributed by atoms with Crippen LogP contribution in [0.3, 0.4) is 0 Å². The first-order valence-corrected chi connectivity index (χ1v) is 9.02. The van der Waals surface area contributed by atoms with Crippen molar-refractivity contribution in [3.05, 3.63) is 35.4 Å². The zero-order chi connectivity index (χ0) is 16.9. The first kappa shape index (κ1) is 17.4. The number of carbonyl (C=O) groups excluding carboxylic acids is 1. The molecular weight excluding hydrogens is 304 g/mol. The Morgan fingerprint density at radius 2 is 1.92 bits per heavy atom. The molecule has 1 amide bonds. The van der Waals surface area contributed by atoms with Gasteiger partial charge in [-0.05, 0) is 50.6 Å². The second kappa shape index (κ2) is 8.10. The normalized spacial score (nSPS) is 25.7. The average molecular weight is 332 g/mol. The number of morpholine rings is 1. The predicted octanol–water partition coefficient (Wildman–Crippen LogP) is 1.89. The van der Waals surface area contributed by atoms with Crippen LogP contribution in [0.1, 0.15) is 42.1 Å². The molecule has 0 spiro atoms. The van der Waals surface area contributed by atoms with Crippen LogP contribution in [-0.2, 0) is 11.3 Å². The first-order valence-electron chi connectivity index (χ1n) is 9.02. The Balaban J connectivity index is 1.62. The van der Waals surface area contributed by atoms with Crippen molar-refractivity contribution in [2.75, 3.05) is 32.8 Å². The molecule has 5 nitrogen and oxygen atoms in total. The lowest BCUT2D eigenvalue weighted by Crippen LogP contribution is -2.52. The second-order valence-electron chi connectivity index (χ2n) is 6.98. The summed E-state index contributed by atoms with van der Waals surface area (Å²) >= 11 is 0. The largest absolute Gasteiger partial charge is 0.394 e. The molecule has 0 bridgehead atoms. The SMILES string of the molecule is C[C@@H]1CO[C@H](CO)CN1C(=O)c1ccc(CN2CCCCC2)cc1. The van der Waals surface area contributed by atoms with Gasteiger partial charge in [-0.3, -0.25) is 9.69 Å². The van der Waals surface area contributed by atoms with Crippen molar-refractivity contribution < 1.29 is 14.6 Å². The minimum Gasteiger partial charge on any atom is -0.394 e. The lowest BCUT2D eigenvalue weighted by Gasteiger charge is -2.37. The van der Waals surface area contributed by atoms with Crippen LogP contribution < -0.4 is 0 Å². The van der Waals surface area contributed by atoms with Gasteiger partial charge in [-0.2, -0.15) is 0 Å². The van der Waals surface area contributed by atoms with E-state index in [9.17, 15) is 9.90 Å². The third-order valence-electron chi connectivity index (χ3n) is 5.03. The van der Waals surface area contributed by atoms with Gasteiger partial charge in [0.15, 0.2) is 0 Å². The van der Waals surface area contributed by atoms with Crippen LogP contribution in [0.2, 0.25) is 0 Å². The summed E-state index contributed by atoms with van der Waals surface area (Å²) in [6, 6.07) is 8.02. The van der Waals surface area contributed by atoms with Crippen LogP contribution >= 0.6 is 0 Å². The molecule has 132 valence electrons. The van der Waals surface area contributed by atoms with E-state index >= 15 is 0 Å². The molecular formula is C19H28N2O3. The number of nitrogens with zero attached hydrogens (tertiary/aromatic N) is 2. The Labute approximate surface area is 144 Å². The number of hydrogen-bond donors (Lipinski definition) is 1. The number of aliphatic hydroxyl groups is 1. The van der Waals surface area contributed by atoms with Crippen molar-refractivity contribution in [3.63, 3.8) is 0 Å². The lowest BCUT2D eigenvalue weighted by atomic mass is 10.1. The fraction of sp³-hybridized carbons (Fsp3) is 0.632. The summed E-state index contributed by atoms with van der Waals surface area (Å²) in [6.45, 7) is 6.18. The minimum atomic E-state index is -0.275. The van der Waals surface area contributed by atoms with Gasteiger partial charge in [0.25, 0.3) is 5.91 Å². The summed E-state index contributed by atoms with van der Waals surface area (Å²) in [5.74, 6) is 0.0220. The van der Waals surface area contributed by atoms with Gasteiger partial charge in [0, 0.05) is 18.7 Å². The van der Waals surface area contributed by atoms with Gasteiger partial charge in [0.2, 0.25) is 0 Å². The summed E-state index contributed by atoms with van der Waals surface area (Å²) in [6.07, 6.45) is 3.65. The molecule has 0 unspecified atom stereocenters. The minimum absolute atomic E-state index is 0.0220. The van der Waals surface area contributed by atoms with Gasteiger partial charge in [0.1, 0.15) is 0 Å². The summed E-state index contributed by atoms with van der Waals surface area (Å²) in [4.78, 5) is 17.0. The van der Waals surface area contributed by atoms with Crippen LogP contribution in [0, 0.1) is 0 Å². The maximum Gasteiger partial charge on any atom is 0.254 e. The average Bonchev–Trinajstić information content (AvgIpc) is 2.63. The number of benzene rings is 1. The van der Waals surface area contributed by atoms with Crippen molar-refractivity contribution >= 4 is 5.91 Å². The van der Waals surface area contributed by atoms with Crippen molar-refractivity contribution in [1.29, 1.82) is 0 Å². The number of hydrogen-bond acceptors (Lipinski definition) is 4. The zero-order valence-corrected chi connectivity index (χ0v) is 14.5. The van der Waals surface area contributed by atoms with Gasteiger partial charge < -0.3 is 14.7 Å². The molecule has 3 rings (SSSR count). The molecule has 2 heterocycles. The molecule has 0 aromatic heterocycles. The Morgan fingerprint density at radius 1 is 1.21 bits per heavy atom. The first-order chi connectivity index (χ1) is 11.7. The summed E-state index contributed by atoms with van der Waals surface area (Å²) < 4.78 is 5.51. The summed E-state index contributed by atoms with van der Waals surface area (Å²) in [7, 11) is 0. The van der Waals surface area contributed by atoms with Crippen LogP contribution in [-0.4, -0.2) is 65.8 Å². The van der Waals surface area contributed by atoms with E-state index in [0.717, 1.165) is 6.54 Å². The highest BCUT2D eigenvalue weighted by Crippen LogP contribution is 2.17. The monoisotopic (exact) mass is 332 g/mol. The van der Waals surface area contributed by atoms with Gasteiger partial charge in [-0.25, -0.2) is 0 Å². The zero-order valence-electron chi connectivity index (χ0n) is 14.5. The third kappa shape index (κ3) is 4.15. The van der Waals surface area contributed by atoms with E-state index in [1.54, 1.807) is 0 Å². The Kier molecular flexibility index (Phi) is 5.87. The Bertz CT molecular complexity index is 540. The second-order valence-corrected chi connectivity index (χ2v) is 6.98. The number of carbonyl (C=O) groups is 1. The lowest BCUT2D eigenvalue weighted by molar-refractivity contribution is -0.0667. The maximum atomic E-state index is 12.8. The fourth-order valence-electron chi connectivity index (χ4n) is 3.51. The number of ether oxygens (including phenoxy) is 1. The predicted molar refractivity (Wildman–Crippen MR) is 92.9 cm³/mol. The molecule has 2 aliphatic heterocycles. The summed E-state index contributed by atoms with van der Waals surface area (Å²) in [5.41, 5.74) is 1.97. The van der Waals surface area contributed by atoms with E-state index in [1.807, 2.05) is 24.0 Å². The maximum absolute atomic E-state index is 12.8. The highest BCUT2D eigenvalue weighted by atomic mass is 16.5. The molecule has 2 aliphatic rings. The van der Waals surface area contributed by atoms with Gasteiger partial charge in [0.05, 0.1) is 25.4 Å². The molecule has 1 aromatic rings. The van der Waals surface area contributed by atoms with Crippen molar-refractivity contribution in [1.82, 2.24) is 9.80 Å². The number of likely N-dealkylation sites (tertiary alicyclic amines) is 1. The quantitative estimate of drug-likeness (QED) is 0.915. The topological polar surface area (TPSA) is 53.0 Å². The molecule has 2 fully saturated rings. The highest BCUT2D eigenvalue weighted by molar-refractivity contribution is 5.94. The van der Waals surface area contributed by atoms with Crippen LogP contribution in [0.5, 0.6) is 0 Å². The molecule has 2 saturated heterocycles. The third-order valence-corrected chi connectivity index (χ3v) is 5.03. The van der Waals surface area contributed by atoms with Crippen LogP contribution in [0.4, 0.5) is 0 Å². The Morgan fingerprint density at radius 3 is 2.58 bits per heavy atom. The molecule has 5 heteroatoms. The molecule has 24 heavy (non-hydrogen) atoms. The number of piperidine rings is 1. The van der Waals surface area contributed by atoms with Gasteiger partial charge in [-0.1, -0.05) is 18.6 Å². The van der Waals surface area contributed by atoms with Crippen molar-refractivity contribution in [3.8, 4) is 0 Å². The van der Waals surface area contributed by atoms with Gasteiger partial charge >= 0.3 is 0 Å². The molecule has 2 atom stereocenters. The van der Waals surface area contributed by atoms with Gasteiger partial charge in [-0.15, -0.1) is 0 Å². The van der Waals surface area contributed by atoms with E-state index < -0.39 is 0 Å². The van der Waals surface area contributed by atoms with E-state index in [-0.39, 0.29) is 24.7 Å². The van der Waals surface area contributed by atoms with Crippen LogP contribution in [0.15, 0.2) is 24.3 Å². The highest BCUT2D eigenvalue weighted by Gasteiger charge is 2.29. The number of aliphatic hydroxyl groups excluding tert-OH is 1. The standard InChI is InChI=1S/C19H28N2O3/c1-15-14-24-18(13-22)12-21(15)19(23)17-7-5-16(6-8-17)11-20-9-3-2-4-10-20/h5-8,15,18,22H,2-4,9-14H2,1H3/t15-,18+/m1/s1. The molecule has 0 radical (unpaired) electrons. The van der Waals surface area contributed by atoms with E-state index in [1.165, 1.54) is 37.9 Å². The fourth-order valence-corrected chi connectivity index (χ4v) is 3.51. The number of rotatable bonds is 4. The van der Waals surface area contributed by atoms with E-state index in [0.29, 0.717) is 18.7 Å². The smallest absolute Gasteiger partial charge is 0.254 e. The molecule has 1 N–H and O–H groups in total. The van der Waals surface area contributed by atoms with E-state index in [4.69, 9.17) is 4.74 Å². The molecule has 0 aliphatic carbocycles. The van der Waals surface area contributed by atoms with E-state index in [2.05, 4.69) is 17.0 Å². The Hall–Kier alpha value is -1.43.